The van der Waals surface area contributed by atoms with Gasteiger partial charge in [-0.1, -0.05) is 12.1 Å². The standard InChI is InChI=1S/C18H20F2N2O5S/c1-11(12-4-7-14(8-5-12)28(21,24)25)22(2)17(23)13-6-9-15(26-3)16(10-13)27-18(19)20/h4-11,18H,1-3H3,(H2,21,24,25). The number of halogens is 2. The first-order valence-corrected chi connectivity index (χ1v) is 9.62. The molecule has 28 heavy (non-hydrogen) atoms. The maximum atomic E-state index is 12.7. The molecule has 2 aromatic rings. The normalized spacial score (nSPS) is 12.5. The predicted octanol–water partition coefficient (Wildman–Crippen LogP) is 2.78. The maximum Gasteiger partial charge on any atom is 0.387 e. The van der Waals surface area contributed by atoms with E-state index in [-0.39, 0.29) is 22.0 Å². The van der Waals surface area contributed by atoms with E-state index in [1.54, 1.807) is 26.1 Å². The van der Waals surface area contributed by atoms with E-state index in [0.29, 0.717) is 5.56 Å². The van der Waals surface area contributed by atoms with E-state index < -0.39 is 28.6 Å². The number of sulfonamides is 1. The lowest BCUT2D eigenvalue weighted by Gasteiger charge is -2.26. The van der Waals surface area contributed by atoms with Gasteiger partial charge in [-0.05, 0) is 42.8 Å². The van der Waals surface area contributed by atoms with Gasteiger partial charge in [0, 0.05) is 12.6 Å². The van der Waals surface area contributed by atoms with Gasteiger partial charge >= 0.3 is 6.61 Å². The molecule has 0 aliphatic heterocycles. The van der Waals surface area contributed by atoms with Crippen LogP contribution in [0.15, 0.2) is 47.4 Å². The molecule has 0 aliphatic rings. The van der Waals surface area contributed by atoms with Crippen molar-refractivity contribution in [1.29, 1.82) is 0 Å². The molecule has 0 aliphatic carbocycles. The van der Waals surface area contributed by atoms with Crippen LogP contribution >= 0.6 is 0 Å². The Kier molecular flexibility index (Phi) is 6.57. The first-order chi connectivity index (χ1) is 13.0. The third kappa shape index (κ3) is 4.96. The number of benzene rings is 2. The lowest BCUT2D eigenvalue weighted by atomic mass is 10.1. The quantitative estimate of drug-likeness (QED) is 0.751. The van der Waals surface area contributed by atoms with Crippen molar-refractivity contribution in [3.63, 3.8) is 0 Å². The van der Waals surface area contributed by atoms with Gasteiger partial charge in [0.2, 0.25) is 10.0 Å². The number of amides is 1. The van der Waals surface area contributed by atoms with E-state index in [2.05, 4.69) is 4.74 Å². The number of primary sulfonamides is 1. The second-order valence-corrected chi connectivity index (χ2v) is 7.51. The van der Waals surface area contributed by atoms with Crippen LogP contribution in [0.2, 0.25) is 0 Å². The molecule has 0 radical (unpaired) electrons. The summed E-state index contributed by atoms with van der Waals surface area (Å²) >= 11 is 0. The van der Waals surface area contributed by atoms with Crippen LogP contribution in [0.25, 0.3) is 0 Å². The molecule has 0 bridgehead atoms. The highest BCUT2D eigenvalue weighted by Gasteiger charge is 2.22. The highest BCUT2D eigenvalue weighted by molar-refractivity contribution is 7.89. The Balaban J connectivity index is 2.26. The Morgan fingerprint density at radius 3 is 2.21 bits per heavy atom. The van der Waals surface area contributed by atoms with E-state index >= 15 is 0 Å². The molecule has 2 N–H and O–H groups in total. The summed E-state index contributed by atoms with van der Waals surface area (Å²) < 4.78 is 57.2. The lowest BCUT2D eigenvalue weighted by molar-refractivity contribution is -0.0512. The Labute approximate surface area is 161 Å². The fourth-order valence-corrected chi connectivity index (χ4v) is 3.05. The molecule has 1 unspecified atom stereocenters. The molecule has 0 saturated heterocycles. The number of hydrogen-bond acceptors (Lipinski definition) is 5. The number of rotatable bonds is 7. The molecule has 1 amide bonds. The number of hydrogen-bond donors (Lipinski definition) is 1. The molecule has 152 valence electrons. The minimum Gasteiger partial charge on any atom is -0.493 e. The lowest BCUT2D eigenvalue weighted by Crippen LogP contribution is -2.29. The van der Waals surface area contributed by atoms with Gasteiger partial charge in [0.05, 0.1) is 18.0 Å². The summed E-state index contributed by atoms with van der Waals surface area (Å²) in [5.74, 6) is -0.613. The molecular formula is C18H20F2N2O5S. The van der Waals surface area contributed by atoms with Crippen molar-refractivity contribution in [1.82, 2.24) is 4.90 Å². The first-order valence-electron chi connectivity index (χ1n) is 8.07. The predicted molar refractivity (Wildman–Crippen MR) is 97.9 cm³/mol. The highest BCUT2D eigenvalue weighted by atomic mass is 32.2. The monoisotopic (exact) mass is 414 g/mol. The molecule has 0 aromatic heterocycles. The molecule has 7 nitrogen and oxygen atoms in total. The van der Waals surface area contributed by atoms with Crippen molar-refractivity contribution < 1.29 is 31.5 Å². The average molecular weight is 414 g/mol. The van der Waals surface area contributed by atoms with Crippen LogP contribution < -0.4 is 14.6 Å². The summed E-state index contributed by atoms with van der Waals surface area (Å²) in [5, 5.41) is 5.07. The minimum absolute atomic E-state index is 0.0404. The molecule has 0 saturated carbocycles. The Morgan fingerprint density at radius 2 is 1.71 bits per heavy atom. The number of ether oxygens (including phenoxy) is 2. The smallest absolute Gasteiger partial charge is 0.387 e. The van der Waals surface area contributed by atoms with E-state index in [9.17, 15) is 22.0 Å². The first kappa shape index (κ1) is 21.6. The SMILES string of the molecule is COc1ccc(C(=O)N(C)C(C)c2ccc(S(N)(=O)=O)cc2)cc1OC(F)F. The molecular weight excluding hydrogens is 394 g/mol. The van der Waals surface area contributed by atoms with Gasteiger partial charge in [-0.15, -0.1) is 0 Å². The van der Waals surface area contributed by atoms with Crippen LogP contribution in [0.1, 0.15) is 28.9 Å². The van der Waals surface area contributed by atoms with Gasteiger partial charge in [0.1, 0.15) is 0 Å². The fraction of sp³-hybridized carbons (Fsp3) is 0.278. The van der Waals surface area contributed by atoms with E-state index in [0.717, 1.165) is 0 Å². The van der Waals surface area contributed by atoms with Crippen LogP contribution in [0.3, 0.4) is 0 Å². The summed E-state index contributed by atoms with van der Waals surface area (Å²) in [7, 11) is -0.974. The maximum absolute atomic E-state index is 12.7. The van der Waals surface area contributed by atoms with Gasteiger partial charge in [0.15, 0.2) is 11.5 Å². The highest BCUT2D eigenvalue weighted by Crippen LogP contribution is 2.31. The Hall–Kier alpha value is -2.72. The average Bonchev–Trinajstić information content (AvgIpc) is 2.65. The molecule has 2 aromatic carbocycles. The number of methoxy groups -OCH3 is 1. The number of alkyl halides is 2. The van der Waals surface area contributed by atoms with Gasteiger partial charge in [0.25, 0.3) is 5.91 Å². The summed E-state index contributed by atoms with van der Waals surface area (Å²) in [6.45, 7) is -1.32. The zero-order valence-electron chi connectivity index (χ0n) is 15.4. The third-order valence-corrected chi connectivity index (χ3v) is 5.15. The van der Waals surface area contributed by atoms with Crippen molar-refractivity contribution in [2.45, 2.75) is 24.5 Å². The second-order valence-electron chi connectivity index (χ2n) is 5.95. The molecule has 0 spiro atoms. The zero-order valence-corrected chi connectivity index (χ0v) is 16.2. The van der Waals surface area contributed by atoms with Crippen molar-refractivity contribution in [2.24, 2.45) is 5.14 Å². The van der Waals surface area contributed by atoms with Crippen molar-refractivity contribution in [3.8, 4) is 11.5 Å². The molecule has 2 rings (SSSR count). The van der Waals surface area contributed by atoms with Crippen LogP contribution in [0.4, 0.5) is 8.78 Å². The largest absolute Gasteiger partial charge is 0.493 e. The number of nitrogens with zero attached hydrogens (tertiary/aromatic N) is 1. The fourth-order valence-electron chi connectivity index (χ4n) is 2.54. The third-order valence-electron chi connectivity index (χ3n) is 4.22. The Morgan fingerprint density at radius 1 is 1.11 bits per heavy atom. The topological polar surface area (TPSA) is 98.9 Å². The number of carbonyl (C=O) groups is 1. The second kappa shape index (κ2) is 8.53. The van der Waals surface area contributed by atoms with Crippen LogP contribution in [0.5, 0.6) is 11.5 Å². The molecule has 0 heterocycles. The minimum atomic E-state index is -3.81. The summed E-state index contributed by atoms with van der Waals surface area (Å²) in [6.07, 6.45) is 0. The summed E-state index contributed by atoms with van der Waals surface area (Å²) in [6, 6.07) is 9.35. The van der Waals surface area contributed by atoms with Gasteiger partial charge in [-0.2, -0.15) is 8.78 Å². The van der Waals surface area contributed by atoms with E-state index in [4.69, 9.17) is 9.88 Å². The van der Waals surface area contributed by atoms with Crippen LogP contribution in [-0.4, -0.2) is 40.0 Å². The van der Waals surface area contributed by atoms with Crippen LogP contribution in [-0.2, 0) is 10.0 Å². The summed E-state index contributed by atoms with van der Waals surface area (Å²) in [5.41, 5.74) is 0.799. The number of nitrogens with two attached hydrogens (primary N) is 1. The van der Waals surface area contributed by atoms with E-state index in [1.165, 1.54) is 42.3 Å². The van der Waals surface area contributed by atoms with Gasteiger partial charge in [-0.3, -0.25) is 4.79 Å². The van der Waals surface area contributed by atoms with Crippen LogP contribution in [0, 0.1) is 0 Å². The zero-order chi connectivity index (χ0) is 21.1. The van der Waals surface area contributed by atoms with Crippen molar-refractivity contribution >= 4 is 15.9 Å². The molecule has 1 atom stereocenters. The van der Waals surface area contributed by atoms with Gasteiger partial charge < -0.3 is 14.4 Å². The number of carbonyl (C=O) groups excluding carboxylic acids is 1. The Bertz CT molecular complexity index is 949. The van der Waals surface area contributed by atoms with E-state index in [1.807, 2.05) is 0 Å². The summed E-state index contributed by atoms with van der Waals surface area (Å²) in [4.78, 5) is 14.1. The molecule has 10 heteroatoms. The van der Waals surface area contributed by atoms with Gasteiger partial charge in [-0.25, -0.2) is 13.6 Å². The van der Waals surface area contributed by atoms with Crippen molar-refractivity contribution in [3.05, 3.63) is 53.6 Å². The molecule has 0 fully saturated rings. The van der Waals surface area contributed by atoms with Crippen molar-refractivity contribution in [2.75, 3.05) is 14.2 Å².